The van der Waals surface area contributed by atoms with Crippen LogP contribution in [0.3, 0.4) is 0 Å². The summed E-state index contributed by atoms with van der Waals surface area (Å²) in [4.78, 5) is 4.29. The Morgan fingerprint density at radius 3 is 2.22 bits per heavy atom. The van der Waals surface area contributed by atoms with Crippen LogP contribution in [0, 0.1) is 6.92 Å². The second kappa shape index (κ2) is 4.81. The van der Waals surface area contributed by atoms with Gasteiger partial charge in [-0.3, -0.25) is 0 Å². The minimum atomic E-state index is 0.195. The number of pyridine rings is 1. The van der Waals surface area contributed by atoms with Gasteiger partial charge in [0.15, 0.2) is 0 Å². The zero-order valence-electron chi connectivity index (χ0n) is 11.5. The maximum absolute atomic E-state index is 4.29. The smallest absolute Gasteiger partial charge is 0.130 e. The molecular formula is C16H20N2. The lowest BCUT2D eigenvalue weighted by molar-refractivity contribution is 0.590. The van der Waals surface area contributed by atoms with Crippen LogP contribution < -0.4 is 5.32 Å². The SMILES string of the molecule is Cc1ccnc(Nc2ccc(C(C)(C)C)cc2)c1. The lowest BCUT2D eigenvalue weighted by Crippen LogP contribution is -2.10. The topological polar surface area (TPSA) is 24.9 Å². The van der Waals surface area contributed by atoms with Crippen molar-refractivity contribution in [3.8, 4) is 0 Å². The van der Waals surface area contributed by atoms with E-state index < -0.39 is 0 Å². The average molecular weight is 240 g/mol. The third kappa shape index (κ3) is 3.10. The van der Waals surface area contributed by atoms with Gasteiger partial charge in [-0.05, 0) is 47.7 Å². The number of aryl methyl sites for hydroxylation is 1. The zero-order chi connectivity index (χ0) is 13.2. The Morgan fingerprint density at radius 1 is 1.00 bits per heavy atom. The van der Waals surface area contributed by atoms with Crippen LogP contribution in [0.2, 0.25) is 0 Å². The number of aromatic nitrogens is 1. The molecule has 0 saturated carbocycles. The lowest BCUT2D eigenvalue weighted by Gasteiger charge is -2.19. The minimum absolute atomic E-state index is 0.195. The summed E-state index contributed by atoms with van der Waals surface area (Å²) >= 11 is 0. The van der Waals surface area contributed by atoms with E-state index in [1.54, 1.807) is 0 Å². The van der Waals surface area contributed by atoms with Crippen LogP contribution in [-0.4, -0.2) is 4.98 Å². The van der Waals surface area contributed by atoms with Crippen molar-refractivity contribution in [2.24, 2.45) is 0 Å². The first-order valence-electron chi connectivity index (χ1n) is 6.25. The Balaban J connectivity index is 2.16. The van der Waals surface area contributed by atoms with Crippen molar-refractivity contribution < 1.29 is 0 Å². The molecule has 2 rings (SSSR count). The molecule has 0 aliphatic heterocycles. The molecule has 1 heterocycles. The van der Waals surface area contributed by atoms with E-state index in [2.05, 4.69) is 62.3 Å². The number of benzene rings is 1. The molecule has 0 spiro atoms. The zero-order valence-corrected chi connectivity index (χ0v) is 11.5. The van der Waals surface area contributed by atoms with Crippen molar-refractivity contribution in [1.29, 1.82) is 0 Å². The van der Waals surface area contributed by atoms with Gasteiger partial charge in [-0.25, -0.2) is 4.98 Å². The molecule has 1 aromatic carbocycles. The summed E-state index contributed by atoms with van der Waals surface area (Å²) in [7, 11) is 0. The highest BCUT2D eigenvalue weighted by atomic mass is 15.0. The molecule has 0 amide bonds. The molecule has 18 heavy (non-hydrogen) atoms. The number of nitrogens with one attached hydrogen (secondary N) is 1. The maximum Gasteiger partial charge on any atom is 0.130 e. The molecule has 0 atom stereocenters. The number of nitrogens with zero attached hydrogens (tertiary/aromatic N) is 1. The number of hydrogen-bond acceptors (Lipinski definition) is 2. The highest BCUT2D eigenvalue weighted by Gasteiger charge is 2.12. The molecule has 0 unspecified atom stereocenters. The van der Waals surface area contributed by atoms with Crippen molar-refractivity contribution in [3.05, 3.63) is 53.7 Å². The Bertz CT molecular complexity index is 522. The van der Waals surface area contributed by atoms with Gasteiger partial charge < -0.3 is 5.32 Å². The van der Waals surface area contributed by atoms with E-state index in [1.807, 2.05) is 18.3 Å². The molecule has 0 aliphatic carbocycles. The second-order valence-corrected chi connectivity index (χ2v) is 5.67. The Labute approximate surface area is 109 Å². The second-order valence-electron chi connectivity index (χ2n) is 5.67. The Hall–Kier alpha value is -1.83. The van der Waals surface area contributed by atoms with E-state index in [-0.39, 0.29) is 5.41 Å². The minimum Gasteiger partial charge on any atom is -0.340 e. The van der Waals surface area contributed by atoms with E-state index in [4.69, 9.17) is 0 Å². The third-order valence-corrected chi connectivity index (χ3v) is 2.94. The predicted molar refractivity (Wildman–Crippen MR) is 77.4 cm³/mol. The Morgan fingerprint density at radius 2 is 1.67 bits per heavy atom. The fourth-order valence-corrected chi connectivity index (χ4v) is 1.81. The van der Waals surface area contributed by atoms with Crippen LogP contribution in [-0.2, 0) is 5.41 Å². The van der Waals surface area contributed by atoms with Gasteiger partial charge in [0.1, 0.15) is 5.82 Å². The average Bonchev–Trinajstić information content (AvgIpc) is 2.28. The van der Waals surface area contributed by atoms with Crippen molar-refractivity contribution in [2.45, 2.75) is 33.1 Å². The molecule has 94 valence electrons. The summed E-state index contributed by atoms with van der Waals surface area (Å²) in [6, 6.07) is 12.6. The molecular weight excluding hydrogens is 220 g/mol. The van der Waals surface area contributed by atoms with Gasteiger partial charge in [-0.1, -0.05) is 32.9 Å². The maximum atomic E-state index is 4.29. The summed E-state index contributed by atoms with van der Waals surface area (Å²) in [5.74, 6) is 0.888. The summed E-state index contributed by atoms with van der Waals surface area (Å²) in [5, 5.41) is 3.31. The first kappa shape index (κ1) is 12.6. The molecule has 0 bridgehead atoms. The largest absolute Gasteiger partial charge is 0.340 e. The van der Waals surface area contributed by atoms with E-state index in [0.29, 0.717) is 0 Å². The van der Waals surface area contributed by atoms with E-state index >= 15 is 0 Å². The van der Waals surface area contributed by atoms with Gasteiger partial charge in [-0.2, -0.15) is 0 Å². The fourth-order valence-electron chi connectivity index (χ4n) is 1.81. The van der Waals surface area contributed by atoms with Crippen molar-refractivity contribution in [3.63, 3.8) is 0 Å². The summed E-state index contributed by atoms with van der Waals surface area (Å²) in [6.07, 6.45) is 1.82. The number of anilines is 2. The molecule has 0 aliphatic rings. The molecule has 2 nitrogen and oxygen atoms in total. The standard InChI is InChI=1S/C16H20N2/c1-12-9-10-17-15(11-12)18-14-7-5-13(6-8-14)16(2,3)4/h5-11H,1-4H3,(H,17,18). The van der Waals surface area contributed by atoms with Gasteiger partial charge in [0, 0.05) is 11.9 Å². The van der Waals surface area contributed by atoms with Crippen molar-refractivity contribution >= 4 is 11.5 Å². The van der Waals surface area contributed by atoms with Crippen LogP contribution in [0.25, 0.3) is 0 Å². The molecule has 1 aromatic heterocycles. The lowest BCUT2D eigenvalue weighted by atomic mass is 9.87. The van der Waals surface area contributed by atoms with E-state index in [1.165, 1.54) is 11.1 Å². The summed E-state index contributed by atoms with van der Waals surface area (Å²) in [6.45, 7) is 8.72. The highest BCUT2D eigenvalue weighted by molar-refractivity contribution is 5.57. The first-order chi connectivity index (χ1) is 8.45. The Kier molecular flexibility index (Phi) is 3.37. The molecule has 0 saturated heterocycles. The van der Waals surface area contributed by atoms with Crippen LogP contribution >= 0.6 is 0 Å². The van der Waals surface area contributed by atoms with Gasteiger partial charge in [0.25, 0.3) is 0 Å². The van der Waals surface area contributed by atoms with Crippen molar-refractivity contribution in [2.75, 3.05) is 5.32 Å². The van der Waals surface area contributed by atoms with Gasteiger partial charge in [0.05, 0.1) is 0 Å². The molecule has 2 aromatic rings. The summed E-state index contributed by atoms with van der Waals surface area (Å²) < 4.78 is 0. The van der Waals surface area contributed by atoms with Gasteiger partial charge in [-0.15, -0.1) is 0 Å². The highest BCUT2D eigenvalue weighted by Crippen LogP contribution is 2.24. The quantitative estimate of drug-likeness (QED) is 0.840. The van der Waals surface area contributed by atoms with Crippen molar-refractivity contribution in [1.82, 2.24) is 4.98 Å². The van der Waals surface area contributed by atoms with Crippen LogP contribution in [0.15, 0.2) is 42.6 Å². The number of hydrogen-bond donors (Lipinski definition) is 1. The molecule has 1 N–H and O–H groups in total. The molecule has 0 radical (unpaired) electrons. The van der Waals surface area contributed by atoms with E-state index in [9.17, 15) is 0 Å². The van der Waals surface area contributed by atoms with E-state index in [0.717, 1.165) is 11.5 Å². The first-order valence-corrected chi connectivity index (χ1v) is 6.25. The molecule has 2 heteroatoms. The number of rotatable bonds is 2. The third-order valence-electron chi connectivity index (χ3n) is 2.94. The van der Waals surface area contributed by atoms with Gasteiger partial charge >= 0.3 is 0 Å². The fraction of sp³-hybridized carbons (Fsp3) is 0.312. The monoisotopic (exact) mass is 240 g/mol. The summed E-state index contributed by atoms with van der Waals surface area (Å²) in [5.41, 5.74) is 3.81. The normalized spacial score (nSPS) is 11.3. The van der Waals surface area contributed by atoms with Crippen LogP contribution in [0.5, 0.6) is 0 Å². The van der Waals surface area contributed by atoms with Crippen LogP contribution in [0.1, 0.15) is 31.9 Å². The van der Waals surface area contributed by atoms with Gasteiger partial charge in [0.2, 0.25) is 0 Å². The molecule has 0 fully saturated rings. The van der Waals surface area contributed by atoms with Crippen LogP contribution in [0.4, 0.5) is 11.5 Å². The predicted octanol–water partition coefficient (Wildman–Crippen LogP) is 4.43.